The van der Waals surface area contributed by atoms with E-state index in [-0.39, 0.29) is 0 Å². The maximum atomic E-state index is 10.7. The Morgan fingerprint density at radius 1 is 1.36 bits per heavy atom. The monoisotopic (exact) mass is 187 g/mol. The van der Waals surface area contributed by atoms with E-state index < -0.39 is 0 Å². The zero-order valence-electron chi connectivity index (χ0n) is 8.37. The van der Waals surface area contributed by atoms with E-state index in [0.717, 1.165) is 22.8 Å². The second-order valence-electron chi connectivity index (χ2n) is 3.82. The molecule has 14 heavy (non-hydrogen) atoms. The van der Waals surface area contributed by atoms with E-state index in [1.807, 2.05) is 6.07 Å². The smallest absolute Gasteiger partial charge is 0.152 e. The maximum absolute atomic E-state index is 10.7. The molecular formula is C12H13NO. The van der Waals surface area contributed by atoms with Crippen LogP contribution in [0.3, 0.4) is 0 Å². The number of aromatic nitrogens is 1. The Bertz CT molecular complexity index is 468. The van der Waals surface area contributed by atoms with Gasteiger partial charge in [0.25, 0.3) is 0 Å². The average molecular weight is 187 g/mol. The number of nitrogens with one attached hydrogen (secondary N) is 1. The lowest BCUT2D eigenvalue weighted by Crippen LogP contribution is -1.86. The lowest BCUT2D eigenvalue weighted by atomic mass is 10.0. The first-order valence-corrected chi connectivity index (χ1v) is 4.78. The molecule has 1 aromatic heterocycles. The van der Waals surface area contributed by atoms with Crippen LogP contribution < -0.4 is 0 Å². The topological polar surface area (TPSA) is 32.9 Å². The Hall–Kier alpha value is -1.57. The van der Waals surface area contributed by atoms with Gasteiger partial charge in [0.05, 0.1) is 0 Å². The molecule has 2 aromatic rings. The molecule has 0 saturated carbocycles. The normalized spacial score (nSPS) is 11.1. The molecule has 0 radical (unpaired) electrons. The average Bonchev–Trinajstić information content (AvgIpc) is 2.59. The fourth-order valence-electron chi connectivity index (χ4n) is 1.62. The zero-order valence-corrected chi connectivity index (χ0v) is 8.37. The van der Waals surface area contributed by atoms with E-state index in [9.17, 15) is 4.79 Å². The number of hydrogen-bond donors (Lipinski definition) is 1. The molecule has 0 fully saturated rings. The van der Waals surface area contributed by atoms with Gasteiger partial charge in [-0.05, 0) is 23.6 Å². The molecule has 1 heterocycles. The molecule has 1 N–H and O–H groups in total. The van der Waals surface area contributed by atoms with E-state index in [1.54, 1.807) is 6.20 Å². The van der Waals surface area contributed by atoms with Crippen molar-refractivity contribution in [2.75, 3.05) is 0 Å². The summed E-state index contributed by atoms with van der Waals surface area (Å²) in [4.78, 5) is 13.8. The highest BCUT2D eigenvalue weighted by Crippen LogP contribution is 2.22. The fourth-order valence-corrected chi connectivity index (χ4v) is 1.62. The van der Waals surface area contributed by atoms with Crippen molar-refractivity contribution in [1.29, 1.82) is 0 Å². The van der Waals surface area contributed by atoms with Crippen molar-refractivity contribution >= 4 is 17.2 Å². The van der Waals surface area contributed by atoms with Crippen molar-refractivity contribution in [2.45, 2.75) is 19.8 Å². The Labute approximate surface area is 82.9 Å². The van der Waals surface area contributed by atoms with Crippen LogP contribution in [-0.2, 0) is 0 Å². The second kappa shape index (κ2) is 3.29. The van der Waals surface area contributed by atoms with Gasteiger partial charge in [0, 0.05) is 22.7 Å². The van der Waals surface area contributed by atoms with Crippen molar-refractivity contribution in [3.05, 3.63) is 35.5 Å². The second-order valence-corrected chi connectivity index (χ2v) is 3.82. The molecule has 1 aromatic carbocycles. The number of rotatable bonds is 2. The first-order valence-electron chi connectivity index (χ1n) is 4.78. The first kappa shape index (κ1) is 9.00. The van der Waals surface area contributed by atoms with E-state index in [2.05, 4.69) is 31.0 Å². The number of benzene rings is 1. The molecule has 0 spiro atoms. The highest BCUT2D eigenvalue weighted by atomic mass is 16.1. The number of fused-ring (bicyclic) bond motifs is 1. The van der Waals surface area contributed by atoms with E-state index in [4.69, 9.17) is 0 Å². The molecule has 2 heteroatoms. The maximum Gasteiger partial charge on any atom is 0.152 e. The van der Waals surface area contributed by atoms with Crippen molar-refractivity contribution in [1.82, 2.24) is 4.98 Å². The van der Waals surface area contributed by atoms with Gasteiger partial charge < -0.3 is 4.98 Å². The van der Waals surface area contributed by atoms with Gasteiger partial charge in [0.2, 0.25) is 0 Å². The molecule has 0 aliphatic heterocycles. The van der Waals surface area contributed by atoms with Gasteiger partial charge in [-0.15, -0.1) is 0 Å². The Morgan fingerprint density at radius 2 is 2.14 bits per heavy atom. The van der Waals surface area contributed by atoms with Crippen molar-refractivity contribution < 1.29 is 4.79 Å². The predicted octanol–water partition coefficient (Wildman–Crippen LogP) is 3.10. The van der Waals surface area contributed by atoms with Crippen LogP contribution >= 0.6 is 0 Å². The largest absolute Gasteiger partial charge is 0.360 e. The predicted molar refractivity (Wildman–Crippen MR) is 57.8 cm³/mol. The first-order chi connectivity index (χ1) is 6.72. The number of carbonyl (C=O) groups excluding carboxylic acids is 1. The fraction of sp³-hybridized carbons (Fsp3) is 0.250. The molecule has 0 atom stereocenters. The van der Waals surface area contributed by atoms with Crippen LogP contribution in [0.25, 0.3) is 10.9 Å². The Morgan fingerprint density at radius 3 is 2.79 bits per heavy atom. The minimum absolute atomic E-state index is 0.494. The molecule has 0 amide bonds. The van der Waals surface area contributed by atoms with Crippen LogP contribution in [-0.4, -0.2) is 11.3 Å². The third-order valence-corrected chi connectivity index (χ3v) is 2.53. The van der Waals surface area contributed by atoms with Gasteiger partial charge in [0.15, 0.2) is 6.29 Å². The zero-order chi connectivity index (χ0) is 10.1. The third-order valence-electron chi connectivity index (χ3n) is 2.53. The number of H-pyrrole nitrogens is 1. The van der Waals surface area contributed by atoms with Crippen LogP contribution in [0.1, 0.15) is 35.7 Å². The minimum atomic E-state index is 0.494. The molecular weight excluding hydrogens is 174 g/mol. The summed E-state index contributed by atoms with van der Waals surface area (Å²) in [6, 6.07) is 6.20. The summed E-state index contributed by atoms with van der Waals surface area (Å²) in [6.07, 6.45) is 2.64. The summed E-state index contributed by atoms with van der Waals surface area (Å²) in [5.41, 5.74) is 3.03. The lowest BCUT2D eigenvalue weighted by molar-refractivity contribution is 0.112. The quantitative estimate of drug-likeness (QED) is 0.720. The van der Waals surface area contributed by atoms with Crippen LogP contribution in [0.5, 0.6) is 0 Å². The molecule has 2 rings (SSSR count). The van der Waals surface area contributed by atoms with E-state index >= 15 is 0 Å². The van der Waals surface area contributed by atoms with Gasteiger partial charge in [-0.1, -0.05) is 19.9 Å². The SMILES string of the molecule is CC(C)c1ccc2[nH]cc(C=O)c2c1. The number of aromatic amines is 1. The minimum Gasteiger partial charge on any atom is -0.360 e. The number of aldehydes is 1. The van der Waals surface area contributed by atoms with Crippen LogP contribution in [0.2, 0.25) is 0 Å². The summed E-state index contributed by atoms with van der Waals surface area (Å²) in [5, 5.41) is 1.02. The summed E-state index contributed by atoms with van der Waals surface area (Å²) in [5.74, 6) is 0.494. The van der Waals surface area contributed by atoms with Crippen LogP contribution in [0, 0.1) is 0 Å². The van der Waals surface area contributed by atoms with Gasteiger partial charge in [0.1, 0.15) is 0 Å². The Balaban J connectivity index is 2.67. The number of hydrogen-bond acceptors (Lipinski definition) is 1. The van der Waals surface area contributed by atoms with Gasteiger partial charge >= 0.3 is 0 Å². The molecule has 0 aliphatic rings. The van der Waals surface area contributed by atoms with E-state index in [1.165, 1.54) is 5.56 Å². The van der Waals surface area contributed by atoms with Crippen molar-refractivity contribution in [2.24, 2.45) is 0 Å². The molecule has 72 valence electrons. The highest BCUT2D eigenvalue weighted by Gasteiger charge is 2.05. The number of carbonyl (C=O) groups is 1. The Kier molecular flexibility index (Phi) is 2.12. The molecule has 0 bridgehead atoms. The standard InChI is InChI=1S/C12H13NO/c1-8(2)9-3-4-12-11(5-9)10(7-14)6-13-12/h3-8,13H,1-2H3. The summed E-state index contributed by atoms with van der Waals surface area (Å²) < 4.78 is 0. The van der Waals surface area contributed by atoms with Crippen LogP contribution in [0.15, 0.2) is 24.4 Å². The van der Waals surface area contributed by atoms with Crippen LogP contribution in [0.4, 0.5) is 0 Å². The third kappa shape index (κ3) is 1.33. The highest BCUT2D eigenvalue weighted by molar-refractivity contribution is 5.97. The molecule has 0 aliphatic carbocycles. The molecule has 0 saturated heterocycles. The summed E-state index contributed by atoms with van der Waals surface area (Å²) in [7, 11) is 0. The van der Waals surface area contributed by atoms with Crippen molar-refractivity contribution in [3.8, 4) is 0 Å². The van der Waals surface area contributed by atoms with Gasteiger partial charge in [-0.2, -0.15) is 0 Å². The molecule has 0 unspecified atom stereocenters. The van der Waals surface area contributed by atoms with E-state index in [0.29, 0.717) is 5.92 Å². The molecule has 2 nitrogen and oxygen atoms in total. The van der Waals surface area contributed by atoms with Gasteiger partial charge in [-0.25, -0.2) is 0 Å². The lowest BCUT2D eigenvalue weighted by Gasteiger charge is -2.04. The van der Waals surface area contributed by atoms with Gasteiger partial charge in [-0.3, -0.25) is 4.79 Å². The van der Waals surface area contributed by atoms with Crippen molar-refractivity contribution in [3.63, 3.8) is 0 Å². The summed E-state index contributed by atoms with van der Waals surface area (Å²) in [6.45, 7) is 4.29. The summed E-state index contributed by atoms with van der Waals surface area (Å²) >= 11 is 0.